The minimum atomic E-state index is 0.212. The molecule has 0 saturated heterocycles. The largest absolute Gasteiger partial charge is 0.493 e. The average Bonchev–Trinajstić information content (AvgIpc) is 2.41. The van der Waals surface area contributed by atoms with Gasteiger partial charge in [-0.15, -0.1) is 6.58 Å². The van der Waals surface area contributed by atoms with Crippen LogP contribution in [0.2, 0.25) is 0 Å². The number of carbonyl (C=O) groups excluding carboxylic acids is 1. The molecule has 0 unspecified atom stereocenters. The van der Waals surface area contributed by atoms with E-state index in [4.69, 9.17) is 4.74 Å². The molecule has 0 fully saturated rings. The van der Waals surface area contributed by atoms with Gasteiger partial charge in [-0.3, -0.25) is 4.79 Å². The number of rotatable bonds is 5. The van der Waals surface area contributed by atoms with Gasteiger partial charge in [-0.1, -0.05) is 36.4 Å². The fourth-order valence-corrected chi connectivity index (χ4v) is 2.14. The molecule has 1 aliphatic carbocycles. The van der Waals surface area contributed by atoms with Crippen LogP contribution in [0.15, 0.2) is 54.3 Å². The minimum Gasteiger partial charge on any atom is -0.493 e. The third-order valence-electron chi connectivity index (χ3n) is 3.09. The molecule has 1 aromatic carbocycles. The predicted octanol–water partition coefficient (Wildman–Crippen LogP) is 3.79. The van der Waals surface area contributed by atoms with Crippen molar-refractivity contribution in [3.05, 3.63) is 59.9 Å². The lowest BCUT2D eigenvalue weighted by molar-refractivity contribution is -0.116. The second kappa shape index (κ2) is 6.20. The Morgan fingerprint density at radius 2 is 2.00 bits per heavy atom. The maximum absolute atomic E-state index is 11.8. The third kappa shape index (κ3) is 3.10. The number of carbonyl (C=O) groups is 1. The summed E-state index contributed by atoms with van der Waals surface area (Å²) >= 11 is 0. The fraction of sp³-hybridized carbons (Fsp3) is 0.312. The summed E-state index contributed by atoms with van der Waals surface area (Å²) in [6.07, 6.45) is 4.78. The second-order valence-electron chi connectivity index (χ2n) is 4.45. The summed E-state index contributed by atoms with van der Waals surface area (Å²) in [6, 6.07) is 10.0. The molecule has 0 bridgehead atoms. The molecule has 2 rings (SSSR count). The van der Waals surface area contributed by atoms with E-state index in [0.717, 1.165) is 29.7 Å². The van der Waals surface area contributed by atoms with Gasteiger partial charge in [0.25, 0.3) is 0 Å². The summed E-state index contributed by atoms with van der Waals surface area (Å²) in [4.78, 5) is 11.8. The van der Waals surface area contributed by atoms with Crippen LogP contribution in [0.3, 0.4) is 0 Å². The Bertz CT molecular complexity index is 457. The van der Waals surface area contributed by atoms with Crippen molar-refractivity contribution < 1.29 is 9.53 Å². The van der Waals surface area contributed by atoms with Gasteiger partial charge in [0.2, 0.25) is 0 Å². The number of ketones is 1. The van der Waals surface area contributed by atoms with Crippen LogP contribution in [0.5, 0.6) is 0 Å². The van der Waals surface area contributed by atoms with Crippen LogP contribution in [0, 0.1) is 0 Å². The molecule has 2 nitrogen and oxygen atoms in total. The van der Waals surface area contributed by atoms with Gasteiger partial charge in [0.05, 0.1) is 0 Å². The van der Waals surface area contributed by atoms with Gasteiger partial charge in [0.15, 0.2) is 5.78 Å². The molecule has 94 valence electrons. The zero-order chi connectivity index (χ0) is 12.8. The van der Waals surface area contributed by atoms with E-state index in [1.165, 1.54) is 0 Å². The molecule has 1 aliphatic rings. The first-order chi connectivity index (χ1) is 8.81. The van der Waals surface area contributed by atoms with Crippen LogP contribution in [0.1, 0.15) is 31.2 Å². The molecular weight excluding hydrogens is 224 g/mol. The normalized spacial score (nSPS) is 15.7. The summed E-state index contributed by atoms with van der Waals surface area (Å²) in [7, 11) is 0. The van der Waals surface area contributed by atoms with Crippen LogP contribution in [0.25, 0.3) is 0 Å². The van der Waals surface area contributed by atoms with Crippen molar-refractivity contribution >= 4 is 5.78 Å². The Balaban J connectivity index is 2.07. The lowest BCUT2D eigenvalue weighted by atomic mass is 9.94. The van der Waals surface area contributed by atoms with Crippen molar-refractivity contribution in [3.63, 3.8) is 0 Å². The molecule has 0 N–H and O–H groups in total. The van der Waals surface area contributed by atoms with E-state index in [9.17, 15) is 4.79 Å². The highest BCUT2D eigenvalue weighted by molar-refractivity contribution is 5.96. The quantitative estimate of drug-likeness (QED) is 0.734. The predicted molar refractivity (Wildman–Crippen MR) is 71.9 cm³/mol. The Kier molecular flexibility index (Phi) is 4.35. The van der Waals surface area contributed by atoms with Crippen LogP contribution in [0.4, 0.5) is 0 Å². The number of ether oxygens (including phenoxy) is 1. The SMILES string of the molecule is C=CCC1=C(OCc2ccccc2)CCCC1=O. The molecular formula is C16H18O2. The Morgan fingerprint density at radius 1 is 1.22 bits per heavy atom. The van der Waals surface area contributed by atoms with E-state index in [1.54, 1.807) is 6.08 Å². The molecule has 2 heteroatoms. The summed E-state index contributed by atoms with van der Waals surface area (Å²) in [6.45, 7) is 4.23. The fourth-order valence-electron chi connectivity index (χ4n) is 2.14. The molecule has 18 heavy (non-hydrogen) atoms. The first-order valence-corrected chi connectivity index (χ1v) is 6.34. The van der Waals surface area contributed by atoms with Gasteiger partial charge in [-0.05, 0) is 18.4 Å². The van der Waals surface area contributed by atoms with E-state index < -0.39 is 0 Å². The molecule has 0 amide bonds. The Hall–Kier alpha value is -1.83. The van der Waals surface area contributed by atoms with E-state index in [0.29, 0.717) is 19.4 Å². The van der Waals surface area contributed by atoms with Gasteiger partial charge in [-0.25, -0.2) is 0 Å². The van der Waals surface area contributed by atoms with Crippen molar-refractivity contribution in [1.29, 1.82) is 0 Å². The van der Waals surface area contributed by atoms with Crippen LogP contribution >= 0.6 is 0 Å². The van der Waals surface area contributed by atoms with Crippen molar-refractivity contribution in [2.45, 2.75) is 32.3 Å². The molecule has 0 atom stereocenters. The number of benzene rings is 1. The Morgan fingerprint density at radius 3 is 2.72 bits per heavy atom. The molecule has 0 aromatic heterocycles. The zero-order valence-corrected chi connectivity index (χ0v) is 10.5. The summed E-state index contributed by atoms with van der Waals surface area (Å²) < 4.78 is 5.82. The highest BCUT2D eigenvalue weighted by atomic mass is 16.5. The second-order valence-corrected chi connectivity index (χ2v) is 4.45. The van der Waals surface area contributed by atoms with Gasteiger partial charge in [-0.2, -0.15) is 0 Å². The van der Waals surface area contributed by atoms with E-state index in [2.05, 4.69) is 6.58 Å². The highest BCUT2D eigenvalue weighted by Gasteiger charge is 2.20. The molecule has 0 spiro atoms. The smallest absolute Gasteiger partial charge is 0.162 e. The van der Waals surface area contributed by atoms with E-state index >= 15 is 0 Å². The average molecular weight is 242 g/mol. The third-order valence-corrected chi connectivity index (χ3v) is 3.09. The number of hydrogen-bond donors (Lipinski definition) is 0. The van der Waals surface area contributed by atoms with Crippen LogP contribution in [-0.2, 0) is 16.1 Å². The number of hydrogen-bond acceptors (Lipinski definition) is 2. The van der Waals surface area contributed by atoms with Gasteiger partial charge >= 0.3 is 0 Å². The Labute approximate surface area is 108 Å². The first kappa shape index (κ1) is 12.6. The molecule has 0 radical (unpaired) electrons. The van der Waals surface area contributed by atoms with Gasteiger partial charge in [0.1, 0.15) is 12.4 Å². The van der Waals surface area contributed by atoms with Gasteiger partial charge < -0.3 is 4.74 Å². The van der Waals surface area contributed by atoms with Crippen molar-refractivity contribution in [2.24, 2.45) is 0 Å². The van der Waals surface area contributed by atoms with Crippen molar-refractivity contribution in [3.8, 4) is 0 Å². The van der Waals surface area contributed by atoms with Gasteiger partial charge in [0, 0.05) is 18.4 Å². The number of Topliss-reactive ketones (excluding diaryl/α,β-unsaturated/α-hetero) is 1. The van der Waals surface area contributed by atoms with Crippen LogP contribution in [-0.4, -0.2) is 5.78 Å². The van der Waals surface area contributed by atoms with Crippen LogP contribution < -0.4 is 0 Å². The highest BCUT2D eigenvalue weighted by Crippen LogP contribution is 2.26. The standard InChI is InChI=1S/C16H18O2/c1-2-7-14-15(17)10-6-11-16(14)18-12-13-8-4-3-5-9-13/h2-5,8-9H,1,6-7,10-12H2. The molecule has 0 heterocycles. The summed E-state index contributed by atoms with van der Waals surface area (Å²) in [5.74, 6) is 1.07. The van der Waals surface area contributed by atoms with Crippen molar-refractivity contribution in [2.75, 3.05) is 0 Å². The molecule has 0 saturated carbocycles. The number of allylic oxidation sites excluding steroid dienone is 3. The summed E-state index contributed by atoms with van der Waals surface area (Å²) in [5, 5.41) is 0. The maximum atomic E-state index is 11.8. The van der Waals surface area contributed by atoms with E-state index in [-0.39, 0.29) is 5.78 Å². The monoisotopic (exact) mass is 242 g/mol. The maximum Gasteiger partial charge on any atom is 0.162 e. The lowest BCUT2D eigenvalue weighted by Gasteiger charge is -2.19. The molecule has 0 aliphatic heterocycles. The minimum absolute atomic E-state index is 0.212. The van der Waals surface area contributed by atoms with Crippen molar-refractivity contribution in [1.82, 2.24) is 0 Å². The van der Waals surface area contributed by atoms with E-state index in [1.807, 2.05) is 30.3 Å². The zero-order valence-electron chi connectivity index (χ0n) is 10.5. The molecule has 1 aromatic rings. The topological polar surface area (TPSA) is 26.3 Å². The summed E-state index contributed by atoms with van der Waals surface area (Å²) in [5.41, 5.74) is 1.94. The first-order valence-electron chi connectivity index (χ1n) is 6.34. The lowest BCUT2D eigenvalue weighted by Crippen LogP contribution is -2.13.